The van der Waals surface area contributed by atoms with Crippen LogP contribution in [0.5, 0.6) is 0 Å². The van der Waals surface area contributed by atoms with Crippen LogP contribution in [0.3, 0.4) is 0 Å². The Kier molecular flexibility index (Phi) is 5.69. The zero-order valence-corrected chi connectivity index (χ0v) is 17.1. The molecule has 0 spiro atoms. The highest BCUT2D eigenvalue weighted by molar-refractivity contribution is 6.33. The second-order valence-electron chi connectivity index (χ2n) is 7.54. The molecular formula is C21H24ClN5O2. The number of anilines is 3. The number of nitrogens with zero attached hydrogens (tertiary/aromatic N) is 4. The summed E-state index contributed by atoms with van der Waals surface area (Å²) in [5.74, 6) is 0.219. The van der Waals surface area contributed by atoms with Crippen molar-refractivity contribution in [2.45, 2.75) is 6.42 Å². The minimum atomic E-state index is -0.420. The molecule has 1 atom stereocenters. The van der Waals surface area contributed by atoms with Gasteiger partial charge in [0.1, 0.15) is 5.82 Å². The molecule has 4 rings (SSSR count). The monoisotopic (exact) mass is 413 g/mol. The first-order chi connectivity index (χ1) is 14.0. The molecule has 0 radical (unpaired) electrons. The van der Waals surface area contributed by atoms with E-state index in [1.54, 1.807) is 23.2 Å². The Bertz CT molecular complexity index is 896. The molecule has 3 heterocycles. The molecule has 0 aliphatic carbocycles. The van der Waals surface area contributed by atoms with Crippen molar-refractivity contribution in [2.75, 3.05) is 54.9 Å². The molecule has 2 saturated heterocycles. The van der Waals surface area contributed by atoms with Crippen molar-refractivity contribution < 1.29 is 9.59 Å². The van der Waals surface area contributed by atoms with Crippen molar-refractivity contribution in [3.8, 4) is 0 Å². The molecule has 0 bridgehead atoms. The Balaban J connectivity index is 1.37. The third kappa shape index (κ3) is 4.36. The molecule has 29 heavy (non-hydrogen) atoms. The molecule has 8 heteroatoms. The van der Waals surface area contributed by atoms with E-state index in [2.05, 4.69) is 27.1 Å². The summed E-state index contributed by atoms with van der Waals surface area (Å²) in [6, 6.07) is 11.0. The maximum Gasteiger partial charge on any atom is 0.229 e. The van der Waals surface area contributed by atoms with Crippen molar-refractivity contribution in [1.82, 2.24) is 9.88 Å². The fourth-order valence-electron chi connectivity index (χ4n) is 3.71. The highest BCUT2D eigenvalue weighted by Crippen LogP contribution is 2.31. The van der Waals surface area contributed by atoms with E-state index in [9.17, 15) is 9.59 Å². The smallest absolute Gasteiger partial charge is 0.229 e. The predicted molar refractivity (Wildman–Crippen MR) is 114 cm³/mol. The molecule has 0 saturated carbocycles. The number of likely N-dealkylation sites (N-methyl/N-ethyl adjacent to an activating group) is 1. The van der Waals surface area contributed by atoms with E-state index in [4.69, 9.17) is 11.6 Å². The Morgan fingerprint density at radius 2 is 1.90 bits per heavy atom. The van der Waals surface area contributed by atoms with Crippen molar-refractivity contribution >= 4 is 40.6 Å². The summed E-state index contributed by atoms with van der Waals surface area (Å²) in [4.78, 5) is 35.7. The first-order valence-electron chi connectivity index (χ1n) is 9.76. The number of nitrogens with one attached hydrogen (secondary N) is 1. The van der Waals surface area contributed by atoms with Crippen LogP contribution in [0.25, 0.3) is 0 Å². The normalized spacial score (nSPS) is 20.2. The summed E-state index contributed by atoms with van der Waals surface area (Å²) >= 11 is 6.20. The van der Waals surface area contributed by atoms with Crippen LogP contribution >= 0.6 is 11.6 Å². The number of aromatic nitrogens is 1. The van der Waals surface area contributed by atoms with E-state index in [-0.39, 0.29) is 18.2 Å². The maximum absolute atomic E-state index is 12.7. The van der Waals surface area contributed by atoms with Gasteiger partial charge in [-0.1, -0.05) is 23.7 Å². The van der Waals surface area contributed by atoms with Gasteiger partial charge in [-0.05, 0) is 31.3 Å². The van der Waals surface area contributed by atoms with Crippen LogP contribution in [0.4, 0.5) is 17.2 Å². The summed E-state index contributed by atoms with van der Waals surface area (Å²) in [7, 11) is 2.12. The van der Waals surface area contributed by atoms with Crippen molar-refractivity contribution in [3.63, 3.8) is 0 Å². The lowest BCUT2D eigenvalue weighted by Gasteiger charge is -2.33. The lowest BCUT2D eigenvalue weighted by molar-refractivity contribution is -0.122. The zero-order chi connectivity index (χ0) is 20.4. The van der Waals surface area contributed by atoms with Gasteiger partial charge in [-0.3, -0.25) is 9.59 Å². The first-order valence-corrected chi connectivity index (χ1v) is 10.1. The molecule has 2 aliphatic heterocycles. The quantitative estimate of drug-likeness (QED) is 0.834. The number of para-hydroxylation sites is 1. The van der Waals surface area contributed by atoms with Gasteiger partial charge in [0.15, 0.2) is 0 Å². The molecule has 0 unspecified atom stereocenters. The largest absolute Gasteiger partial charge is 0.354 e. The van der Waals surface area contributed by atoms with Gasteiger partial charge in [0, 0.05) is 39.1 Å². The molecule has 2 amide bonds. The number of amides is 2. The molecule has 152 valence electrons. The van der Waals surface area contributed by atoms with Gasteiger partial charge in [-0.2, -0.15) is 0 Å². The average Bonchev–Trinajstić information content (AvgIpc) is 3.11. The number of hydrogen-bond acceptors (Lipinski definition) is 5. The molecule has 1 aromatic carbocycles. The second kappa shape index (κ2) is 8.39. The minimum Gasteiger partial charge on any atom is -0.354 e. The summed E-state index contributed by atoms with van der Waals surface area (Å²) in [5, 5.41) is 3.39. The summed E-state index contributed by atoms with van der Waals surface area (Å²) in [6.07, 6.45) is 1.85. The number of carbonyl (C=O) groups is 2. The third-order valence-corrected chi connectivity index (χ3v) is 5.80. The summed E-state index contributed by atoms with van der Waals surface area (Å²) in [6.45, 7) is 4.23. The average molecular weight is 414 g/mol. The zero-order valence-electron chi connectivity index (χ0n) is 16.3. The molecule has 1 aromatic heterocycles. The van der Waals surface area contributed by atoms with E-state index in [0.717, 1.165) is 32.0 Å². The van der Waals surface area contributed by atoms with E-state index in [1.165, 1.54) is 0 Å². The molecular weight excluding hydrogens is 390 g/mol. The summed E-state index contributed by atoms with van der Waals surface area (Å²) < 4.78 is 0. The van der Waals surface area contributed by atoms with Crippen LogP contribution in [0, 0.1) is 5.92 Å². The van der Waals surface area contributed by atoms with Crippen LogP contribution in [-0.4, -0.2) is 61.5 Å². The molecule has 2 aliphatic rings. The van der Waals surface area contributed by atoms with Gasteiger partial charge >= 0.3 is 0 Å². The van der Waals surface area contributed by atoms with Crippen LogP contribution < -0.4 is 15.1 Å². The highest BCUT2D eigenvalue weighted by Gasteiger charge is 2.35. The van der Waals surface area contributed by atoms with E-state index >= 15 is 0 Å². The fourth-order valence-corrected chi connectivity index (χ4v) is 3.95. The lowest BCUT2D eigenvalue weighted by atomic mass is 10.1. The van der Waals surface area contributed by atoms with Gasteiger partial charge < -0.3 is 20.0 Å². The minimum absolute atomic E-state index is 0.0956. The van der Waals surface area contributed by atoms with Crippen LogP contribution in [0.15, 0.2) is 42.6 Å². The Morgan fingerprint density at radius 3 is 2.59 bits per heavy atom. The SMILES string of the molecule is CN1CCN(c2ccc(NC(=O)[C@H]3CC(=O)N(c4ccccc4Cl)C3)cn2)CC1. The fraction of sp³-hybridized carbons (Fsp3) is 0.381. The topological polar surface area (TPSA) is 68.8 Å². The molecule has 2 aromatic rings. The van der Waals surface area contributed by atoms with Crippen molar-refractivity contribution in [2.24, 2.45) is 5.92 Å². The van der Waals surface area contributed by atoms with Crippen LogP contribution in [0.1, 0.15) is 6.42 Å². The third-order valence-electron chi connectivity index (χ3n) is 5.48. The maximum atomic E-state index is 12.7. The molecule has 1 N–H and O–H groups in total. The number of piperazine rings is 1. The lowest BCUT2D eigenvalue weighted by Crippen LogP contribution is -2.44. The number of halogens is 1. The van der Waals surface area contributed by atoms with Gasteiger partial charge in [-0.25, -0.2) is 4.98 Å². The van der Waals surface area contributed by atoms with E-state index in [0.29, 0.717) is 22.9 Å². The first kappa shape index (κ1) is 19.7. The number of carbonyl (C=O) groups excluding carboxylic acids is 2. The number of hydrogen-bond donors (Lipinski definition) is 1. The standard InChI is InChI=1S/C21H24ClN5O2/c1-25-8-10-26(11-9-25)19-7-6-16(13-23-19)24-21(29)15-12-20(28)27(14-15)18-5-3-2-4-17(18)22/h2-7,13,15H,8-12,14H2,1H3,(H,24,29)/t15-/m0/s1. The Labute approximate surface area is 175 Å². The summed E-state index contributed by atoms with van der Waals surface area (Å²) in [5.41, 5.74) is 1.28. The Morgan fingerprint density at radius 1 is 1.14 bits per heavy atom. The predicted octanol–water partition coefficient (Wildman–Crippen LogP) is 2.48. The molecule has 2 fully saturated rings. The van der Waals surface area contributed by atoms with Crippen molar-refractivity contribution in [3.05, 3.63) is 47.6 Å². The number of rotatable bonds is 4. The van der Waals surface area contributed by atoms with E-state index in [1.807, 2.05) is 24.3 Å². The van der Waals surface area contributed by atoms with Gasteiger partial charge in [-0.15, -0.1) is 0 Å². The molecule has 7 nitrogen and oxygen atoms in total. The Hall–Kier alpha value is -2.64. The van der Waals surface area contributed by atoms with Gasteiger partial charge in [0.05, 0.1) is 28.5 Å². The van der Waals surface area contributed by atoms with Crippen LogP contribution in [0.2, 0.25) is 5.02 Å². The highest BCUT2D eigenvalue weighted by atomic mass is 35.5. The van der Waals surface area contributed by atoms with E-state index < -0.39 is 5.92 Å². The number of benzene rings is 1. The van der Waals surface area contributed by atoms with Crippen LogP contribution in [-0.2, 0) is 9.59 Å². The van der Waals surface area contributed by atoms with Gasteiger partial charge in [0.2, 0.25) is 11.8 Å². The van der Waals surface area contributed by atoms with Gasteiger partial charge in [0.25, 0.3) is 0 Å². The number of pyridine rings is 1. The second-order valence-corrected chi connectivity index (χ2v) is 7.95. The van der Waals surface area contributed by atoms with Crippen molar-refractivity contribution in [1.29, 1.82) is 0 Å².